The van der Waals surface area contributed by atoms with Crippen LogP contribution in [-0.4, -0.2) is 66.9 Å². The molecule has 1 aliphatic heterocycles. The van der Waals surface area contributed by atoms with Crippen molar-refractivity contribution in [1.82, 2.24) is 24.6 Å². The topological polar surface area (TPSA) is 187 Å². The zero-order chi connectivity index (χ0) is 29.3. The van der Waals surface area contributed by atoms with Crippen molar-refractivity contribution in [3.63, 3.8) is 0 Å². The first-order valence-corrected chi connectivity index (χ1v) is 14.1. The van der Waals surface area contributed by atoms with E-state index in [2.05, 4.69) is 20.0 Å². The van der Waals surface area contributed by atoms with Crippen LogP contribution in [0.4, 0.5) is 0 Å². The molecule has 1 unspecified atom stereocenters. The number of carbonyl (C=O) groups excluding carboxylic acids is 1. The molecule has 0 radical (unpaired) electrons. The van der Waals surface area contributed by atoms with Crippen molar-refractivity contribution in [3.05, 3.63) is 58.4 Å². The van der Waals surface area contributed by atoms with Crippen LogP contribution in [0, 0.1) is 12.3 Å². The summed E-state index contributed by atoms with van der Waals surface area (Å²) in [7, 11) is -4.12. The first-order chi connectivity index (χ1) is 18.7. The zero-order valence-electron chi connectivity index (χ0n) is 22.9. The maximum atomic E-state index is 13.6. The number of aliphatic hydroxyl groups is 2. The molecule has 1 aliphatic rings. The van der Waals surface area contributed by atoms with Crippen LogP contribution in [0.3, 0.4) is 0 Å². The van der Waals surface area contributed by atoms with Gasteiger partial charge in [0.25, 0.3) is 5.56 Å². The quantitative estimate of drug-likeness (QED) is 0.155. The number of hydrogen-bond donors (Lipinski definition) is 4. The van der Waals surface area contributed by atoms with E-state index >= 15 is 0 Å². The predicted octanol–water partition coefficient (Wildman–Crippen LogP) is 1.92. The van der Waals surface area contributed by atoms with Gasteiger partial charge in [-0.25, -0.2) is 19.6 Å². The third kappa shape index (κ3) is 6.50. The summed E-state index contributed by atoms with van der Waals surface area (Å²) < 4.78 is 36.9. The highest BCUT2D eigenvalue weighted by atomic mass is 31.2. The number of hydrogen-bond acceptors (Lipinski definition) is 11. The van der Waals surface area contributed by atoms with Gasteiger partial charge >= 0.3 is 13.7 Å². The first-order valence-electron chi connectivity index (χ1n) is 12.6. The highest BCUT2D eigenvalue weighted by Crippen LogP contribution is 2.46. The molecule has 4 N–H and O–H groups in total. The maximum absolute atomic E-state index is 13.6. The SMILES string of the molecule is Cc1nc2c(ncn2[C@@H]2O[C@H](COP(=O)(NCc3ccccc3)OCOC(=O)C(C)(C)C)[C@@H](O)[C@@]2(C)O)c(=O)[nH]1. The number of rotatable bonds is 10. The van der Waals surface area contributed by atoms with E-state index in [-0.39, 0.29) is 17.7 Å². The maximum Gasteiger partial charge on any atom is 0.408 e. The Morgan fingerprint density at radius 1 is 1.27 bits per heavy atom. The molecule has 218 valence electrons. The van der Waals surface area contributed by atoms with Crippen LogP contribution in [0.5, 0.6) is 0 Å². The lowest BCUT2D eigenvalue weighted by atomic mass is 9.96. The summed E-state index contributed by atoms with van der Waals surface area (Å²) in [5.74, 6) is -0.238. The van der Waals surface area contributed by atoms with Gasteiger partial charge in [-0.2, -0.15) is 0 Å². The van der Waals surface area contributed by atoms with Crippen LogP contribution in [0.2, 0.25) is 0 Å². The van der Waals surface area contributed by atoms with Crippen molar-refractivity contribution in [1.29, 1.82) is 0 Å². The van der Waals surface area contributed by atoms with E-state index in [0.717, 1.165) is 5.56 Å². The molecule has 0 saturated carbocycles. The number of aliphatic hydroxyl groups excluding tert-OH is 1. The van der Waals surface area contributed by atoms with Crippen LogP contribution >= 0.6 is 7.75 Å². The molecule has 0 bridgehead atoms. The van der Waals surface area contributed by atoms with Gasteiger partial charge in [0.2, 0.25) is 6.79 Å². The molecule has 0 spiro atoms. The summed E-state index contributed by atoms with van der Waals surface area (Å²) in [4.78, 5) is 35.3. The molecule has 3 heterocycles. The molecule has 0 aliphatic carbocycles. The Balaban J connectivity index is 1.50. The molecule has 1 aromatic carbocycles. The van der Waals surface area contributed by atoms with Gasteiger partial charge in [0.15, 0.2) is 17.4 Å². The molecule has 1 fully saturated rings. The molecule has 0 amide bonds. The number of ether oxygens (including phenoxy) is 2. The van der Waals surface area contributed by atoms with Gasteiger partial charge in [-0.1, -0.05) is 30.3 Å². The number of fused-ring (bicyclic) bond motifs is 1. The van der Waals surface area contributed by atoms with Gasteiger partial charge in [0.05, 0.1) is 18.3 Å². The monoisotopic (exact) mass is 579 g/mol. The van der Waals surface area contributed by atoms with Crippen LogP contribution in [0.25, 0.3) is 11.2 Å². The second-order valence-corrected chi connectivity index (χ2v) is 12.5. The number of carbonyl (C=O) groups is 1. The van der Waals surface area contributed by atoms with E-state index < -0.39 is 62.1 Å². The largest absolute Gasteiger partial charge is 0.438 e. The number of H-pyrrole nitrogens is 1. The van der Waals surface area contributed by atoms with E-state index in [9.17, 15) is 24.4 Å². The highest BCUT2D eigenvalue weighted by Gasteiger charge is 2.54. The fraction of sp³-hybridized carbons (Fsp3) is 0.520. The minimum absolute atomic E-state index is 0.0343. The van der Waals surface area contributed by atoms with Crippen molar-refractivity contribution in [2.24, 2.45) is 5.41 Å². The normalized spacial score (nSPS) is 24.7. The molecule has 14 nitrogen and oxygen atoms in total. The standard InChI is InChI=1S/C25H34N5O9P/c1-15-28-20-18(21(32)29-15)26-13-30(20)22-25(5,34)19(31)17(39-22)12-37-40(35,27-11-16-9-7-6-8-10-16)38-14-36-23(33)24(2,3)4/h6-10,13,17,19,22,31,34H,11-12,14H2,1-5H3,(H,27,35)(H,28,29,32)/t17-,19-,22-,25-,40?/m1/s1. The number of imidazole rings is 1. The molecule has 40 heavy (non-hydrogen) atoms. The number of aryl methyl sites for hydroxylation is 1. The third-order valence-electron chi connectivity index (χ3n) is 6.31. The molecule has 3 aromatic rings. The summed E-state index contributed by atoms with van der Waals surface area (Å²) in [5.41, 5.74) is -2.17. The predicted molar refractivity (Wildman–Crippen MR) is 142 cm³/mol. The van der Waals surface area contributed by atoms with E-state index in [0.29, 0.717) is 5.82 Å². The van der Waals surface area contributed by atoms with E-state index in [1.807, 2.05) is 18.2 Å². The molecule has 4 rings (SSSR count). The molecular weight excluding hydrogens is 545 g/mol. The Kier molecular flexibility index (Phi) is 8.62. The van der Waals surface area contributed by atoms with Gasteiger partial charge in [0.1, 0.15) is 23.6 Å². The summed E-state index contributed by atoms with van der Waals surface area (Å²) in [6, 6.07) is 9.06. The summed E-state index contributed by atoms with van der Waals surface area (Å²) >= 11 is 0. The number of aromatic nitrogens is 4. The van der Waals surface area contributed by atoms with Crippen molar-refractivity contribution >= 4 is 24.9 Å². The molecule has 1 saturated heterocycles. The van der Waals surface area contributed by atoms with Crippen LogP contribution < -0.4 is 10.6 Å². The first kappa shape index (κ1) is 30.0. The third-order valence-corrected chi connectivity index (χ3v) is 7.79. The Bertz CT molecular complexity index is 1450. The van der Waals surface area contributed by atoms with E-state index in [1.54, 1.807) is 39.8 Å². The second kappa shape index (κ2) is 11.5. The number of benzene rings is 1. The summed E-state index contributed by atoms with van der Waals surface area (Å²) in [6.07, 6.45) is -2.60. The number of nitrogens with one attached hydrogen (secondary N) is 2. The van der Waals surface area contributed by atoms with Crippen molar-refractivity contribution < 1.29 is 38.1 Å². The van der Waals surface area contributed by atoms with Crippen LogP contribution in [0.1, 0.15) is 45.3 Å². The lowest BCUT2D eigenvalue weighted by Crippen LogP contribution is -2.44. The van der Waals surface area contributed by atoms with Gasteiger partial charge in [-0.3, -0.25) is 23.2 Å². The molecule has 5 atom stereocenters. The molecule has 2 aromatic heterocycles. The zero-order valence-corrected chi connectivity index (χ0v) is 23.8. The van der Waals surface area contributed by atoms with Crippen LogP contribution in [-0.2, 0) is 34.4 Å². The second-order valence-electron chi connectivity index (χ2n) is 10.7. The Morgan fingerprint density at radius 2 is 1.98 bits per heavy atom. The molecular formula is C25H34N5O9P. The minimum atomic E-state index is -4.12. The summed E-state index contributed by atoms with van der Waals surface area (Å²) in [6.45, 7) is 6.91. The van der Waals surface area contributed by atoms with Gasteiger partial charge in [-0.05, 0) is 40.2 Å². The molecule has 15 heteroatoms. The fourth-order valence-electron chi connectivity index (χ4n) is 4.04. The minimum Gasteiger partial charge on any atom is -0.438 e. The Hall–Kier alpha value is -2.97. The van der Waals surface area contributed by atoms with E-state index in [4.69, 9.17) is 18.5 Å². The Morgan fingerprint density at radius 3 is 2.65 bits per heavy atom. The van der Waals surface area contributed by atoms with E-state index in [1.165, 1.54) is 17.8 Å². The Labute approximate surface area is 230 Å². The van der Waals surface area contributed by atoms with Gasteiger partial charge < -0.3 is 24.7 Å². The van der Waals surface area contributed by atoms with Crippen LogP contribution in [0.15, 0.2) is 41.5 Å². The van der Waals surface area contributed by atoms with Crippen molar-refractivity contribution in [3.8, 4) is 0 Å². The average Bonchev–Trinajstić information content (AvgIpc) is 3.40. The smallest absolute Gasteiger partial charge is 0.408 e. The lowest BCUT2D eigenvalue weighted by Gasteiger charge is -2.27. The highest BCUT2D eigenvalue weighted by molar-refractivity contribution is 7.51. The fourth-order valence-corrected chi connectivity index (χ4v) is 5.20. The van der Waals surface area contributed by atoms with Gasteiger partial charge in [-0.15, -0.1) is 0 Å². The number of esters is 1. The number of aromatic amines is 1. The van der Waals surface area contributed by atoms with Crippen molar-refractivity contribution in [2.45, 2.75) is 65.2 Å². The van der Waals surface area contributed by atoms with Crippen molar-refractivity contribution in [2.75, 3.05) is 13.4 Å². The number of nitrogens with zero attached hydrogens (tertiary/aromatic N) is 3. The van der Waals surface area contributed by atoms with Gasteiger partial charge in [0, 0.05) is 6.54 Å². The average molecular weight is 580 g/mol. The lowest BCUT2D eigenvalue weighted by molar-refractivity contribution is -0.160. The summed E-state index contributed by atoms with van der Waals surface area (Å²) in [5, 5.41) is 24.8.